The molecular weight excluding hydrogens is 567 g/mol. The average molecular weight is 597 g/mol. The van der Waals surface area contributed by atoms with Crippen LogP contribution in [0, 0.1) is 17.2 Å². The molecule has 1 aliphatic heterocycles. The van der Waals surface area contributed by atoms with Crippen molar-refractivity contribution in [1.29, 1.82) is 0 Å². The van der Waals surface area contributed by atoms with Gasteiger partial charge >= 0.3 is 0 Å². The first kappa shape index (κ1) is 30.2. The summed E-state index contributed by atoms with van der Waals surface area (Å²) < 4.78 is 34.0. The Balaban J connectivity index is 0.000000681. The zero-order valence-electron chi connectivity index (χ0n) is 22.0. The van der Waals surface area contributed by atoms with Crippen LogP contribution in [-0.4, -0.2) is 23.2 Å². The van der Waals surface area contributed by atoms with Gasteiger partial charge in [0.2, 0.25) is 0 Å². The third-order valence-corrected chi connectivity index (χ3v) is 12.6. The summed E-state index contributed by atoms with van der Waals surface area (Å²) in [7, 11) is -7.32. The van der Waals surface area contributed by atoms with Gasteiger partial charge in [-0.2, -0.15) is 0 Å². The lowest BCUT2D eigenvalue weighted by molar-refractivity contribution is -2.00. The minimum atomic E-state index is -4.94. The number of thioether (sulfide) groups is 1. The van der Waals surface area contributed by atoms with Crippen LogP contribution in [-0.2, 0) is 4.79 Å². The molecule has 1 heterocycles. The van der Waals surface area contributed by atoms with Gasteiger partial charge < -0.3 is 5.32 Å². The summed E-state index contributed by atoms with van der Waals surface area (Å²) in [5.41, 5.74) is 2.01. The van der Waals surface area contributed by atoms with Crippen LogP contribution < -0.4 is 45.2 Å². The van der Waals surface area contributed by atoms with E-state index in [1.165, 1.54) is 21.5 Å². The number of nitrogens with one attached hydrogen (secondary N) is 2. The maximum Gasteiger partial charge on any atom is 0.266 e. The summed E-state index contributed by atoms with van der Waals surface area (Å²) in [6.07, 6.45) is 1.88. The number of carbonyl (C=O) groups excluding carboxylic acids is 1. The summed E-state index contributed by atoms with van der Waals surface area (Å²) in [6, 6.07) is 40.3. The molecule has 40 heavy (non-hydrogen) atoms. The molecule has 1 fully saturated rings. The molecule has 3 unspecified atom stereocenters. The molecule has 0 saturated carbocycles. The minimum Gasteiger partial charge on any atom is -0.333 e. The van der Waals surface area contributed by atoms with E-state index in [-0.39, 0.29) is 23.1 Å². The molecule has 0 aromatic heterocycles. The second kappa shape index (κ2) is 13.3. The lowest BCUT2D eigenvalue weighted by Crippen LogP contribution is -2.68. The number of aryl methyl sites for hydroxylation is 1. The van der Waals surface area contributed by atoms with E-state index in [0.29, 0.717) is 0 Å². The van der Waals surface area contributed by atoms with Gasteiger partial charge in [-0.1, -0.05) is 84.4 Å². The van der Waals surface area contributed by atoms with Crippen molar-refractivity contribution in [3.63, 3.8) is 0 Å². The lowest BCUT2D eigenvalue weighted by Gasteiger charge is -2.42. The largest absolute Gasteiger partial charge is 0.333 e. The molecule has 3 atom stereocenters. The Labute approximate surface area is 241 Å². The molecule has 0 radical (unpaired) electrons. The van der Waals surface area contributed by atoms with Crippen LogP contribution in [0.1, 0.15) is 17.3 Å². The van der Waals surface area contributed by atoms with E-state index in [4.69, 9.17) is 18.6 Å². The Bertz CT molecular complexity index is 1270. The van der Waals surface area contributed by atoms with Crippen molar-refractivity contribution in [3.8, 4) is 0 Å². The van der Waals surface area contributed by atoms with Gasteiger partial charge in [0.15, 0.2) is 5.66 Å². The molecule has 4 aromatic rings. The van der Waals surface area contributed by atoms with Crippen molar-refractivity contribution in [2.45, 2.75) is 24.1 Å². The molecule has 208 valence electrons. The summed E-state index contributed by atoms with van der Waals surface area (Å²) in [5, 5.41) is 10.7. The average Bonchev–Trinajstić information content (AvgIpc) is 2.95. The predicted octanol–water partition coefficient (Wildman–Crippen LogP) is 0.00882. The Kier molecular flexibility index (Phi) is 10.0. The number of halogens is 1. The van der Waals surface area contributed by atoms with E-state index in [1.807, 2.05) is 18.2 Å². The summed E-state index contributed by atoms with van der Waals surface area (Å²) in [6.45, 7) is 2.08. The first-order valence-electron chi connectivity index (χ1n) is 12.5. The molecular formula is C30H30ClN2O5PS. The smallest absolute Gasteiger partial charge is 0.266 e. The van der Waals surface area contributed by atoms with Crippen LogP contribution in [0.2, 0.25) is 0 Å². The van der Waals surface area contributed by atoms with Gasteiger partial charge in [0.1, 0.15) is 34.7 Å². The highest BCUT2D eigenvalue weighted by atomic mass is 35.7. The number of hydrogen-bond donors (Lipinski definition) is 2. The molecule has 0 bridgehead atoms. The lowest BCUT2D eigenvalue weighted by atomic mass is 10.1. The number of carbonyl (C=O) groups is 1. The molecule has 2 N–H and O–H groups in total. The number of benzene rings is 4. The van der Waals surface area contributed by atoms with Gasteiger partial charge in [0.25, 0.3) is 5.91 Å². The standard InChI is InChI=1S/C30H29N2OPS.ClHO4/c1-22-18-20-23(21-19-22)28-31-29(33)27(30(32-28)35-2)34(24-12-6-3-7-13-24,25-14-8-4-9-15-25)26-16-10-5-11-17-26;2-1(3,4)5/h3-21,27-28,30,32H,1-2H3;(H,2,3,4,5). The molecule has 1 amide bonds. The fourth-order valence-electron chi connectivity index (χ4n) is 5.09. The van der Waals surface area contributed by atoms with E-state index < -0.39 is 17.5 Å². The molecule has 0 aliphatic carbocycles. The van der Waals surface area contributed by atoms with Crippen molar-refractivity contribution in [1.82, 2.24) is 10.6 Å². The number of rotatable bonds is 6. The van der Waals surface area contributed by atoms with E-state index in [1.54, 1.807) is 11.8 Å². The molecule has 10 heteroatoms. The Morgan fingerprint density at radius 2 is 1.10 bits per heavy atom. The number of hydrogen-bond acceptors (Lipinski definition) is 7. The highest BCUT2D eigenvalue weighted by Gasteiger charge is 2.60. The fourth-order valence-corrected chi connectivity index (χ4v) is 11.4. The maximum atomic E-state index is 14.2. The van der Waals surface area contributed by atoms with Crippen LogP contribution in [0.25, 0.3) is 0 Å². The Hall–Kier alpha value is -2.78. The van der Waals surface area contributed by atoms with Crippen LogP contribution in [0.5, 0.6) is 0 Å². The topological polar surface area (TPSA) is 133 Å². The van der Waals surface area contributed by atoms with E-state index in [2.05, 4.69) is 121 Å². The predicted molar refractivity (Wildman–Crippen MR) is 151 cm³/mol. The third kappa shape index (κ3) is 6.92. The Morgan fingerprint density at radius 3 is 1.48 bits per heavy atom. The quantitative estimate of drug-likeness (QED) is 0.300. The third-order valence-electron chi connectivity index (χ3n) is 6.75. The van der Waals surface area contributed by atoms with Crippen molar-refractivity contribution in [2.75, 3.05) is 6.26 Å². The second-order valence-electron chi connectivity index (χ2n) is 9.23. The van der Waals surface area contributed by atoms with Crippen LogP contribution >= 0.6 is 19.0 Å². The van der Waals surface area contributed by atoms with E-state index >= 15 is 0 Å². The van der Waals surface area contributed by atoms with Crippen LogP contribution in [0.15, 0.2) is 115 Å². The van der Waals surface area contributed by atoms with Crippen molar-refractivity contribution >= 4 is 40.8 Å². The van der Waals surface area contributed by atoms with E-state index in [9.17, 15) is 4.79 Å². The molecule has 1 saturated heterocycles. The van der Waals surface area contributed by atoms with Crippen LogP contribution in [0.3, 0.4) is 0 Å². The highest BCUT2D eigenvalue weighted by Crippen LogP contribution is 2.62. The van der Waals surface area contributed by atoms with Crippen molar-refractivity contribution < 1.29 is 33.7 Å². The normalized spacial score (nSPS) is 19.2. The molecule has 1 aliphatic rings. The second-order valence-corrected chi connectivity index (χ2v) is 14.5. The molecule has 5 rings (SSSR count). The van der Waals surface area contributed by atoms with Crippen molar-refractivity contribution in [3.05, 3.63) is 126 Å². The molecule has 4 aromatic carbocycles. The van der Waals surface area contributed by atoms with Gasteiger partial charge in [-0.3, -0.25) is 10.1 Å². The van der Waals surface area contributed by atoms with Gasteiger partial charge in [0.05, 0.1) is 0 Å². The summed E-state index contributed by atoms with van der Waals surface area (Å²) in [4.78, 5) is 14.2. The first-order chi connectivity index (χ1) is 19.1. The number of amides is 1. The minimum absolute atomic E-state index is 0.0657. The highest BCUT2D eigenvalue weighted by molar-refractivity contribution is 8.02. The maximum absolute atomic E-state index is 14.2. The molecule has 0 spiro atoms. The van der Waals surface area contributed by atoms with Gasteiger partial charge in [0, 0.05) is 0 Å². The van der Waals surface area contributed by atoms with E-state index in [0.717, 1.165) is 5.56 Å². The van der Waals surface area contributed by atoms with Gasteiger partial charge in [-0.05, 0) is 55.1 Å². The molecule has 7 nitrogen and oxygen atoms in total. The monoisotopic (exact) mass is 596 g/mol. The van der Waals surface area contributed by atoms with Crippen LogP contribution in [0.4, 0.5) is 0 Å². The first-order valence-corrected chi connectivity index (χ1v) is 16.9. The zero-order valence-corrected chi connectivity index (χ0v) is 24.4. The zero-order chi connectivity index (χ0) is 28.8. The Morgan fingerprint density at radius 1 is 0.700 bits per heavy atom. The van der Waals surface area contributed by atoms with Gasteiger partial charge in [-0.15, -0.1) is 22.0 Å². The summed E-state index contributed by atoms with van der Waals surface area (Å²) >= 11 is 1.73. The van der Waals surface area contributed by atoms with Gasteiger partial charge in [-0.25, -0.2) is 18.6 Å². The summed E-state index contributed by atoms with van der Waals surface area (Å²) in [5.74, 6) is 0.0959. The fraction of sp³-hybridized carbons (Fsp3) is 0.167. The van der Waals surface area contributed by atoms with Crippen molar-refractivity contribution in [2.24, 2.45) is 0 Å². The SMILES string of the molecule is CSC1NC(c2ccc(C)cc2)NC(=O)C1[P+](c1ccccc1)(c1ccccc1)c1ccccc1.[O-][Cl+3]([O-])([O-])[O-].